The van der Waals surface area contributed by atoms with Crippen LogP contribution in [-0.4, -0.2) is 71.7 Å². The van der Waals surface area contributed by atoms with Crippen LogP contribution in [0.2, 0.25) is 10.0 Å². The Morgan fingerprint density at radius 3 is 1.50 bits per heavy atom. The second-order valence-corrected chi connectivity index (χ2v) is 17.2. The number of hydrogen-bond donors (Lipinski definition) is 4. The number of halogens is 6. The number of hydrazine groups is 1. The minimum Gasteiger partial charge on any atom is -0.383 e. The Labute approximate surface area is 430 Å². The second kappa shape index (κ2) is 22.8. The smallest absolute Gasteiger partial charge is 0.346 e. The summed E-state index contributed by atoms with van der Waals surface area (Å²) >= 11 is 13.6. The molecule has 0 unspecified atom stereocenters. The summed E-state index contributed by atoms with van der Waals surface area (Å²) in [5.41, 5.74) is -2.87. The van der Waals surface area contributed by atoms with Gasteiger partial charge in [-0.15, -0.1) is 0 Å². The Morgan fingerprint density at radius 2 is 1.05 bits per heavy atom. The van der Waals surface area contributed by atoms with Crippen molar-refractivity contribution in [3.05, 3.63) is 163 Å². The van der Waals surface area contributed by atoms with Gasteiger partial charge in [-0.05, 0) is 86.6 Å². The van der Waals surface area contributed by atoms with Crippen LogP contribution in [0.15, 0.2) is 119 Å². The zero-order valence-corrected chi connectivity index (χ0v) is 41.5. The van der Waals surface area contributed by atoms with Gasteiger partial charge in [0.25, 0.3) is 11.1 Å². The molecule has 4 heterocycles. The first-order valence-electron chi connectivity index (χ1n) is 22.9. The fraction of sp³-hybridized carbons (Fsp3) is 0.192. The number of nitrogens with zero attached hydrogens (tertiary/aromatic N) is 6. The molecule has 8 aromatic rings. The number of pyridine rings is 4. The number of fused-ring (bicyclic) bond motifs is 2. The number of ether oxygens (including phenoxy) is 2. The second-order valence-electron chi connectivity index (χ2n) is 16.3. The van der Waals surface area contributed by atoms with Crippen LogP contribution >= 0.6 is 23.2 Å². The molecule has 4 aromatic heterocycles. The van der Waals surface area contributed by atoms with E-state index in [1.807, 2.05) is 0 Å². The normalized spacial score (nSPS) is 11.2. The third-order valence-corrected chi connectivity index (χ3v) is 12.3. The lowest BCUT2D eigenvalue weighted by molar-refractivity contribution is 0.210. The largest absolute Gasteiger partial charge is 0.383 e. The Bertz CT molecular complexity index is 3570. The van der Waals surface area contributed by atoms with E-state index in [2.05, 4.69) is 31.2 Å². The number of carbonyl (C=O) groups excluding carboxylic acids is 2. The molecule has 16 nitrogen and oxygen atoms in total. The van der Waals surface area contributed by atoms with Gasteiger partial charge in [0.2, 0.25) is 0 Å². The van der Waals surface area contributed by atoms with Crippen LogP contribution in [0.25, 0.3) is 44.1 Å². The lowest BCUT2D eigenvalue weighted by Gasteiger charge is -2.35. The highest BCUT2D eigenvalue weighted by molar-refractivity contribution is 6.34. The minimum absolute atomic E-state index is 0.0754. The molecule has 4 N–H and O–H groups in total. The lowest BCUT2D eigenvalue weighted by Crippen LogP contribution is -2.54. The number of urea groups is 2. The van der Waals surface area contributed by atoms with Crippen molar-refractivity contribution in [1.29, 1.82) is 0 Å². The Hall–Kier alpha value is -8.04. The summed E-state index contributed by atoms with van der Waals surface area (Å²) in [6.45, 7) is 5.37. The van der Waals surface area contributed by atoms with Crippen molar-refractivity contribution in [2.75, 3.05) is 71.8 Å². The van der Waals surface area contributed by atoms with Crippen LogP contribution in [-0.2, 0) is 22.6 Å². The van der Waals surface area contributed by atoms with Gasteiger partial charge >= 0.3 is 12.1 Å². The topological polar surface area (TPSA) is 177 Å². The van der Waals surface area contributed by atoms with E-state index in [1.165, 1.54) is 64.0 Å². The molecule has 0 radical (unpaired) electrons. The number of rotatable bonds is 16. The average Bonchev–Trinajstić information content (AvgIpc) is 3.37. The number of para-hydroxylation sites is 1. The summed E-state index contributed by atoms with van der Waals surface area (Å²) in [4.78, 5) is 68.0. The van der Waals surface area contributed by atoms with Crippen LogP contribution in [0.3, 0.4) is 0 Å². The summed E-state index contributed by atoms with van der Waals surface area (Å²) in [6, 6.07) is 16.3. The summed E-state index contributed by atoms with van der Waals surface area (Å²) < 4.78 is 76.9. The van der Waals surface area contributed by atoms with Crippen molar-refractivity contribution in [2.24, 2.45) is 0 Å². The van der Waals surface area contributed by atoms with E-state index < -0.39 is 63.5 Å². The number of anilines is 6. The van der Waals surface area contributed by atoms with E-state index in [0.717, 1.165) is 42.5 Å². The first kappa shape index (κ1) is 52.3. The molecule has 4 amide bonds. The third-order valence-electron chi connectivity index (χ3n) is 11.7. The summed E-state index contributed by atoms with van der Waals surface area (Å²) in [6.07, 6.45) is 3.02. The van der Waals surface area contributed by atoms with E-state index in [0.29, 0.717) is 69.8 Å². The molecule has 0 saturated heterocycles. The van der Waals surface area contributed by atoms with Crippen LogP contribution in [0, 0.1) is 23.3 Å². The van der Waals surface area contributed by atoms with Crippen molar-refractivity contribution < 1.29 is 36.6 Å². The average molecular weight is 1050 g/mol. The molecule has 0 spiro atoms. The van der Waals surface area contributed by atoms with Crippen molar-refractivity contribution >= 4 is 91.5 Å². The van der Waals surface area contributed by atoms with E-state index in [1.54, 1.807) is 40.2 Å². The Kier molecular flexibility index (Phi) is 16.1. The van der Waals surface area contributed by atoms with Crippen LogP contribution in [0.1, 0.15) is 13.8 Å². The molecule has 22 heteroatoms. The number of carbonyl (C=O) groups is 2. The predicted molar refractivity (Wildman–Crippen MR) is 281 cm³/mol. The molecule has 0 saturated carbocycles. The van der Waals surface area contributed by atoms with Crippen molar-refractivity contribution in [2.45, 2.75) is 26.9 Å². The Morgan fingerprint density at radius 1 is 0.595 bits per heavy atom. The third kappa shape index (κ3) is 10.8. The van der Waals surface area contributed by atoms with Crippen molar-refractivity contribution in [3.63, 3.8) is 0 Å². The number of aryl methyl sites for hydroxylation is 2. The first-order valence-corrected chi connectivity index (χ1v) is 23.7. The molecule has 4 aromatic carbocycles. The minimum atomic E-state index is -1.45. The molecule has 0 aliphatic rings. The number of hydrogen-bond acceptors (Lipinski definition) is 10. The molecule has 74 heavy (non-hydrogen) atoms. The Balaban J connectivity index is 1.36. The number of methoxy groups -OCH3 is 2. The van der Waals surface area contributed by atoms with Crippen LogP contribution < -0.4 is 42.4 Å². The lowest BCUT2D eigenvalue weighted by atomic mass is 10.0. The highest BCUT2D eigenvalue weighted by Gasteiger charge is 2.36. The van der Waals surface area contributed by atoms with Gasteiger partial charge in [0.05, 0.1) is 40.0 Å². The fourth-order valence-corrected chi connectivity index (χ4v) is 8.69. The summed E-state index contributed by atoms with van der Waals surface area (Å²) in [5, 5.41) is 12.1. The van der Waals surface area contributed by atoms with E-state index in [-0.39, 0.29) is 51.1 Å². The maximum Gasteiger partial charge on any atom is 0.346 e. The van der Waals surface area contributed by atoms with Gasteiger partial charge in [-0.3, -0.25) is 9.59 Å². The van der Waals surface area contributed by atoms with Crippen molar-refractivity contribution in [3.8, 4) is 22.3 Å². The van der Waals surface area contributed by atoms with Gasteiger partial charge in [0.1, 0.15) is 34.6 Å². The zero-order chi connectivity index (χ0) is 52.8. The highest BCUT2D eigenvalue weighted by Crippen LogP contribution is 2.40. The number of benzene rings is 4. The molecule has 0 atom stereocenters. The predicted octanol–water partition coefficient (Wildman–Crippen LogP) is 11.2. The van der Waals surface area contributed by atoms with Gasteiger partial charge in [-0.1, -0.05) is 35.3 Å². The molecule has 0 aliphatic carbocycles. The van der Waals surface area contributed by atoms with E-state index in [9.17, 15) is 14.0 Å². The highest BCUT2D eigenvalue weighted by atomic mass is 35.5. The molecule has 382 valence electrons. The number of aromatic nitrogens is 4. The first-order chi connectivity index (χ1) is 35.6. The molecule has 0 fully saturated rings. The number of amides is 4. The van der Waals surface area contributed by atoms with Gasteiger partial charge in [-0.25, -0.2) is 37.1 Å². The van der Waals surface area contributed by atoms with Crippen LogP contribution in [0.5, 0.6) is 0 Å². The number of nitrogens with one attached hydrogen (secondary N) is 4. The van der Waals surface area contributed by atoms with Gasteiger partial charge in [0, 0.05) is 104 Å². The van der Waals surface area contributed by atoms with E-state index in [4.69, 9.17) is 32.7 Å². The van der Waals surface area contributed by atoms with Crippen LogP contribution in [0.4, 0.5) is 61.5 Å². The SMILES string of the molecule is CCn1c(=O)c(-c2cc(N(C(=O)Nc3ccc(F)cc3)N(C(=O)Nc3ccccc3F)c3cc(-c4cc5cnc(NCCOC)cc5n(CC)c4=O)c(Cl)cc3F)c(F)cc2Cl)cc2cnc(NCCOC)cc21. The molecule has 0 bridgehead atoms. The van der Waals surface area contributed by atoms with E-state index >= 15 is 22.8 Å². The molecular weight excluding hydrogens is 1010 g/mol. The standard InChI is InChI=1S/C52H46Cl2F4N10O6/c1-5-65-43-25-47(59-15-17-73-3)61-27-29(43)19-35(49(65)69)33-21-45(40(57)23-37(33)53)67(51(71)63-32-13-11-31(55)12-14-32)68(52(72)64-42-10-8-7-9-39(42)56)46-22-34(38(54)24-41(46)58)36-20-30-28-62-48(60-16-18-74-4)26-44(30)66(6-2)50(36)70/h7-14,19-28H,5-6,15-18H2,1-4H3,(H,59,61)(H,60,62)(H,63,71)(H,64,72). The summed E-state index contributed by atoms with van der Waals surface area (Å²) in [7, 11) is 3.10. The van der Waals surface area contributed by atoms with Gasteiger partial charge in [0.15, 0.2) is 11.6 Å². The fourth-order valence-electron chi connectivity index (χ4n) is 8.18. The quantitative estimate of drug-likeness (QED) is 0.0414. The molecular formula is C52H46Cl2F4N10O6. The summed E-state index contributed by atoms with van der Waals surface area (Å²) in [5.74, 6) is -3.28. The monoisotopic (exact) mass is 1050 g/mol. The molecule has 8 rings (SSSR count). The molecule has 0 aliphatic heterocycles. The zero-order valence-electron chi connectivity index (χ0n) is 40.0. The maximum atomic E-state index is 17.1. The van der Waals surface area contributed by atoms with Gasteiger partial charge in [-0.2, -0.15) is 10.0 Å². The van der Waals surface area contributed by atoms with Gasteiger partial charge < -0.3 is 39.9 Å². The van der Waals surface area contributed by atoms with Crippen molar-refractivity contribution in [1.82, 2.24) is 19.1 Å². The maximum absolute atomic E-state index is 17.1.